The van der Waals surface area contributed by atoms with Gasteiger partial charge in [-0.2, -0.15) is 0 Å². The van der Waals surface area contributed by atoms with Crippen LogP contribution < -0.4 is 10.9 Å². The number of H-pyrrole nitrogens is 1. The van der Waals surface area contributed by atoms with Crippen LogP contribution in [0.5, 0.6) is 0 Å². The first-order valence-electron chi connectivity index (χ1n) is 7.58. The van der Waals surface area contributed by atoms with E-state index in [4.69, 9.17) is 4.42 Å². The maximum atomic E-state index is 12.4. The van der Waals surface area contributed by atoms with Gasteiger partial charge in [0, 0.05) is 29.1 Å². The fourth-order valence-electron chi connectivity index (χ4n) is 3.05. The normalized spacial score (nSPS) is 13.8. The molecule has 0 fully saturated rings. The Morgan fingerprint density at radius 3 is 3.00 bits per heavy atom. The van der Waals surface area contributed by atoms with E-state index in [0.717, 1.165) is 28.8 Å². The third-order valence-corrected chi connectivity index (χ3v) is 4.69. The molecule has 4 aromatic rings. The molecule has 0 amide bonds. The molecule has 0 radical (unpaired) electrons. The van der Waals surface area contributed by atoms with Gasteiger partial charge in [-0.25, -0.2) is 9.97 Å². The van der Waals surface area contributed by atoms with E-state index < -0.39 is 0 Å². The number of benzene rings is 1. The number of nitrogens with zero attached hydrogens (tertiary/aromatic N) is 3. The highest BCUT2D eigenvalue weighted by atomic mass is 79.9. The van der Waals surface area contributed by atoms with Gasteiger partial charge in [-0.05, 0) is 18.2 Å². The topological polar surface area (TPSA) is 88.7 Å². The number of halogens is 2. The summed E-state index contributed by atoms with van der Waals surface area (Å²) in [7, 11) is 0. The highest BCUT2D eigenvalue weighted by molar-refractivity contribution is 9.10. The van der Waals surface area contributed by atoms with E-state index in [1.807, 2.05) is 24.4 Å². The molecule has 1 aliphatic heterocycles. The average Bonchev–Trinajstić information content (AvgIpc) is 3.16. The minimum atomic E-state index is -0.300. The molecule has 1 aliphatic rings. The molecule has 1 aromatic carbocycles. The number of aromatic nitrogens is 4. The first-order valence-corrected chi connectivity index (χ1v) is 8.37. The van der Waals surface area contributed by atoms with E-state index in [-0.39, 0.29) is 23.5 Å². The summed E-state index contributed by atoms with van der Waals surface area (Å²) >= 11 is 3.45. The molecule has 0 unspecified atom stereocenters. The zero-order chi connectivity index (χ0) is 16.3. The molecular weight excluding hydrogens is 410 g/mol. The monoisotopic (exact) mass is 421 g/mol. The number of hydrogen-bond donors (Lipinski definition) is 2. The third-order valence-electron chi connectivity index (χ3n) is 4.20. The van der Waals surface area contributed by atoms with Gasteiger partial charge < -0.3 is 19.3 Å². The Balaban J connectivity index is 0.00000157. The van der Waals surface area contributed by atoms with Crippen LogP contribution >= 0.6 is 28.3 Å². The van der Waals surface area contributed by atoms with Crippen molar-refractivity contribution in [2.75, 3.05) is 6.54 Å². The minimum Gasteiger partial charge on any atom is -0.449 e. The molecule has 0 bridgehead atoms. The van der Waals surface area contributed by atoms with Gasteiger partial charge in [0.05, 0.1) is 6.54 Å². The number of nitrogens with one attached hydrogen (secondary N) is 2. The minimum absolute atomic E-state index is 0. The second-order valence-electron chi connectivity index (χ2n) is 5.75. The first kappa shape index (κ1) is 16.3. The van der Waals surface area contributed by atoms with Crippen molar-refractivity contribution in [1.29, 1.82) is 0 Å². The van der Waals surface area contributed by atoms with Gasteiger partial charge in [0.2, 0.25) is 5.58 Å². The van der Waals surface area contributed by atoms with E-state index in [1.54, 1.807) is 0 Å². The van der Waals surface area contributed by atoms with Gasteiger partial charge in [0.15, 0.2) is 5.82 Å². The molecule has 2 N–H and O–H groups in total. The van der Waals surface area contributed by atoms with Crippen LogP contribution in [0.3, 0.4) is 0 Å². The Hall–Kier alpha value is -2.16. The predicted molar refractivity (Wildman–Crippen MR) is 100 cm³/mol. The quantitative estimate of drug-likeness (QED) is 0.492. The lowest BCUT2D eigenvalue weighted by atomic mass is 10.2. The van der Waals surface area contributed by atoms with Crippen molar-refractivity contribution in [3.8, 4) is 11.5 Å². The molecule has 4 heterocycles. The van der Waals surface area contributed by atoms with Crippen molar-refractivity contribution in [2.24, 2.45) is 0 Å². The van der Waals surface area contributed by atoms with Gasteiger partial charge in [0.1, 0.15) is 22.6 Å². The molecule has 3 aromatic heterocycles. The Morgan fingerprint density at radius 2 is 2.16 bits per heavy atom. The number of rotatable bonds is 1. The van der Waals surface area contributed by atoms with Crippen molar-refractivity contribution >= 4 is 50.4 Å². The fourth-order valence-corrected chi connectivity index (χ4v) is 3.41. The predicted octanol–water partition coefficient (Wildman–Crippen LogP) is 2.82. The van der Waals surface area contributed by atoms with Crippen LogP contribution in [0, 0.1) is 0 Å². The molecule has 0 spiro atoms. The molecular formula is C16H13BrClN5O2. The zero-order valence-electron chi connectivity index (χ0n) is 12.9. The van der Waals surface area contributed by atoms with E-state index in [1.165, 1.54) is 0 Å². The van der Waals surface area contributed by atoms with Crippen molar-refractivity contribution in [3.63, 3.8) is 0 Å². The summed E-state index contributed by atoms with van der Waals surface area (Å²) in [5.74, 6) is 1.40. The number of aromatic amines is 1. The van der Waals surface area contributed by atoms with Gasteiger partial charge in [-0.3, -0.25) is 4.79 Å². The van der Waals surface area contributed by atoms with Crippen molar-refractivity contribution in [1.82, 2.24) is 24.8 Å². The van der Waals surface area contributed by atoms with Crippen LogP contribution in [0.4, 0.5) is 0 Å². The van der Waals surface area contributed by atoms with Gasteiger partial charge >= 0.3 is 0 Å². The van der Waals surface area contributed by atoms with Crippen molar-refractivity contribution < 1.29 is 4.42 Å². The van der Waals surface area contributed by atoms with Crippen molar-refractivity contribution in [3.05, 3.63) is 45.0 Å². The summed E-state index contributed by atoms with van der Waals surface area (Å²) in [6, 6.07) is 5.59. The fraction of sp³-hybridized carbons (Fsp3) is 0.188. The molecule has 0 aliphatic carbocycles. The molecule has 5 rings (SSSR count). The SMILES string of the molecule is Cl.O=c1[nH]c(-c2cn3c(n2)CNCC3)nc2c1oc1ccc(Br)cc12. The summed E-state index contributed by atoms with van der Waals surface area (Å²) in [6.45, 7) is 2.48. The van der Waals surface area contributed by atoms with Gasteiger partial charge in [-0.1, -0.05) is 15.9 Å². The van der Waals surface area contributed by atoms with Crippen molar-refractivity contribution in [2.45, 2.75) is 13.1 Å². The summed E-state index contributed by atoms with van der Waals surface area (Å²) < 4.78 is 8.64. The molecule has 7 nitrogen and oxygen atoms in total. The summed E-state index contributed by atoms with van der Waals surface area (Å²) in [6.07, 6.45) is 1.93. The lowest BCUT2D eigenvalue weighted by Gasteiger charge is -2.13. The van der Waals surface area contributed by atoms with E-state index in [2.05, 4.69) is 40.8 Å². The van der Waals surface area contributed by atoms with Crippen LogP contribution in [0.15, 0.2) is 38.1 Å². The Labute approximate surface area is 156 Å². The smallest absolute Gasteiger partial charge is 0.294 e. The molecule has 25 heavy (non-hydrogen) atoms. The number of fused-ring (bicyclic) bond motifs is 4. The number of imidazole rings is 1. The van der Waals surface area contributed by atoms with Gasteiger partial charge in [-0.15, -0.1) is 12.4 Å². The van der Waals surface area contributed by atoms with Crippen LogP contribution in [-0.4, -0.2) is 26.1 Å². The average molecular weight is 423 g/mol. The van der Waals surface area contributed by atoms with Gasteiger partial charge in [0.25, 0.3) is 5.56 Å². The lowest BCUT2D eigenvalue weighted by Crippen LogP contribution is -2.27. The Bertz CT molecular complexity index is 1140. The highest BCUT2D eigenvalue weighted by Gasteiger charge is 2.18. The largest absolute Gasteiger partial charge is 0.449 e. The van der Waals surface area contributed by atoms with E-state index in [0.29, 0.717) is 29.2 Å². The number of furan rings is 1. The van der Waals surface area contributed by atoms with Crippen LogP contribution in [0.1, 0.15) is 5.82 Å². The first-order chi connectivity index (χ1) is 11.7. The van der Waals surface area contributed by atoms with Crippen LogP contribution in [0.2, 0.25) is 0 Å². The molecule has 0 saturated heterocycles. The molecule has 0 atom stereocenters. The lowest BCUT2D eigenvalue weighted by molar-refractivity contribution is 0.505. The van der Waals surface area contributed by atoms with E-state index >= 15 is 0 Å². The summed E-state index contributed by atoms with van der Waals surface area (Å²) in [5.41, 5.74) is 1.78. The number of hydrogen-bond acceptors (Lipinski definition) is 5. The van der Waals surface area contributed by atoms with Crippen LogP contribution in [-0.2, 0) is 13.1 Å². The second-order valence-corrected chi connectivity index (χ2v) is 6.66. The van der Waals surface area contributed by atoms with E-state index in [9.17, 15) is 4.79 Å². The summed E-state index contributed by atoms with van der Waals surface area (Å²) in [4.78, 5) is 24.4. The third kappa shape index (κ3) is 2.57. The molecule has 9 heteroatoms. The zero-order valence-corrected chi connectivity index (χ0v) is 15.3. The molecule has 128 valence electrons. The Morgan fingerprint density at radius 1 is 1.28 bits per heavy atom. The molecule has 0 saturated carbocycles. The second kappa shape index (κ2) is 5.98. The highest BCUT2D eigenvalue weighted by Crippen LogP contribution is 2.29. The maximum Gasteiger partial charge on any atom is 0.294 e. The summed E-state index contributed by atoms with van der Waals surface area (Å²) in [5, 5.41) is 4.08. The Kier molecular flexibility index (Phi) is 3.90. The maximum absolute atomic E-state index is 12.4. The van der Waals surface area contributed by atoms with Crippen LogP contribution in [0.25, 0.3) is 33.6 Å². The standard InChI is InChI=1S/C16H12BrN5O2.ClH/c17-8-1-2-11-9(5-8)13-14(24-11)16(23)21-15(20-13)10-7-22-4-3-18-6-12(22)19-10;/h1-2,5,7,18H,3-4,6H2,(H,20,21,23);1H.